The summed E-state index contributed by atoms with van der Waals surface area (Å²) in [6.07, 6.45) is 18.5. The lowest BCUT2D eigenvalue weighted by Gasteiger charge is -2.19. The van der Waals surface area contributed by atoms with E-state index in [1.807, 2.05) is 12.3 Å². The summed E-state index contributed by atoms with van der Waals surface area (Å²) in [5, 5.41) is 0. The van der Waals surface area contributed by atoms with E-state index in [0.717, 1.165) is 19.4 Å². The first kappa shape index (κ1) is 20.0. The maximum absolute atomic E-state index is 12.4. The number of carbonyl (C=O) groups is 1. The molecule has 3 heteroatoms. The van der Waals surface area contributed by atoms with Gasteiger partial charge in [-0.1, -0.05) is 64.5 Å². The van der Waals surface area contributed by atoms with Crippen LogP contribution in [0.1, 0.15) is 78.6 Å². The molecule has 0 aromatic heterocycles. The fourth-order valence-corrected chi connectivity index (χ4v) is 2.45. The molecule has 0 N–H and O–H groups in total. The average molecular weight is 322 g/mol. The maximum atomic E-state index is 12.4. The highest BCUT2D eigenvalue weighted by Gasteiger charge is 2.41. The van der Waals surface area contributed by atoms with Crippen molar-refractivity contribution in [1.82, 2.24) is 4.90 Å². The van der Waals surface area contributed by atoms with E-state index < -0.39 is 0 Å². The summed E-state index contributed by atoms with van der Waals surface area (Å²) in [6, 6.07) is 0. The molecule has 1 fully saturated rings. The molecule has 1 rings (SSSR count). The third-order valence-electron chi connectivity index (χ3n) is 4.17. The molecule has 1 aliphatic heterocycles. The smallest absolute Gasteiger partial charge is 0.250 e. The van der Waals surface area contributed by atoms with E-state index in [9.17, 15) is 4.79 Å². The van der Waals surface area contributed by atoms with Gasteiger partial charge in [-0.05, 0) is 32.3 Å². The average Bonchev–Trinajstić information content (AvgIpc) is 3.26. The van der Waals surface area contributed by atoms with Crippen LogP contribution in [0.4, 0.5) is 0 Å². The number of epoxide rings is 1. The number of hydrogen-bond donors (Lipinski definition) is 0. The molecule has 0 aromatic rings. The minimum absolute atomic E-state index is 0.0723. The number of hydrogen-bond acceptors (Lipinski definition) is 2. The van der Waals surface area contributed by atoms with E-state index in [1.165, 1.54) is 44.9 Å². The first-order chi connectivity index (χ1) is 11.1. The van der Waals surface area contributed by atoms with E-state index in [0.29, 0.717) is 6.54 Å². The quantitative estimate of drug-likeness (QED) is 0.264. The number of carbonyl (C=O) groups excluding carboxylic acids is 1. The number of nitrogens with zero attached hydrogens (tertiary/aromatic N) is 1. The summed E-state index contributed by atoms with van der Waals surface area (Å²) in [4.78, 5) is 14.2. The summed E-state index contributed by atoms with van der Waals surface area (Å²) in [5.74, 6) is 0.0723. The summed E-state index contributed by atoms with van der Waals surface area (Å²) in [7, 11) is 0. The van der Waals surface area contributed by atoms with Crippen molar-refractivity contribution >= 4 is 5.91 Å². The van der Waals surface area contributed by atoms with Crippen molar-refractivity contribution in [3.8, 4) is 0 Å². The summed E-state index contributed by atoms with van der Waals surface area (Å²) in [6.45, 7) is 7.87. The van der Waals surface area contributed by atoms with Gasteiger partial charge in [0.1, 0.15) is 5.60 Å². The largest absolute Gasteiger partial charge is 0.368 e. The van der Waals surface area contributed by atoms with Crippen molar-refractivity contribution in [2.45, 2.75) is 84.2 Å². The molecule has 0 saturated carbocycles. The van der Waals surface area contributed by atoms with Gasteiger partial charge < -0.3 is 9.64 Å². The third-order valence-corrected chi connectivity index (χ3v) is 4.17. The molecular formula is C20H35NO2. The van der Waals surface area contributed by atoms with Crippen LogP contribution in [0.5, 0.6) is 0 Å². The van der Waals surface area contributed by atoms with Crippen molar-refractivity contribution in [3.63, 3.8) is 0 Å². The predicted molar refractivity (Wildman–Crippen MR) is 97.3 cm³/mol. The van der Waals surface area contributed by atoms with Gasteiger partial charge >= 0.3 is 0 Å². The van der Waals surface area contributed by atoms with Gasteiger partial charge in [0.05, 0.1) is 13.2 Å². The molecule has 1 aliphatic rings. The molecule has 0 aliphatic carbocycles. The number of allylic oxidation sites excluding steroid dienone is 2. The predicted octanol–water partition coefficient (Wildman–Crippen LogP) is 5.22. The van der Waals surface area contributed by atoms with Gasteiger partial charge in [0.15, 0.2) is 0 Å². The second-order valence-corrected chi connectivity index (χ2v) is 6.84. The molecule has 0 spiro atoms. The zero-order chi connectivity index (χ0) is 17.0. The van der Waals surface area contributed by atoms with E-state index in [2.05, 4.69) is 26.8 Å². The number of unbranched alkanes of at least 4 members (excludes halogenated alkanes) is 7. The van der Waals surface area contributed by atoms with Crippen LogP contribution in [0.15, 0.2) is 24.4 Å². The van der Waals surface area contributed by atoms with Crippen LogP contribution >= 0.6 is 0 Å². The highest BCUT2D eigenvalue weighted by Crippen LogP contribution is 2.27. The fraction of sp³-hybridized carbons (Fsp3) is 0.750. The van der Waals surface area contributed by atoms with Crippen molar-refractivity contribution in [3.05, 3.63) is 24.4 Å². The van der Waals surface area contributed by atoms with Crippen LogP contribution in [0.3, 0.4) is 0 Å². The molecule has 0 bridgehead atoms. The summed E-state index contributed by atoms with van der Waals surface area (Å²) in [5.41, 5.74) is -0.140. The van der Waals surface area contributed by atoms with E-state index in [-0.39, 0.29) is 11.5 Å². The van der Waals surface area contributed by atoms with Crippen LogP contribution in [-0.4, -0.2) is 29.6 Å². The van der Waals surface area contributed by atoms with Crippen LogP contribution < -0.4 is 0 Å². The lowest BCUT2D eigenvalue weighted by molar-refractivity contribution is -0.124. The van der Waals surface area contributed by atoms with Gasteiger partial charge in [0.2, 0.25) is 5.91 Å². The Kier molecular flexibility index (Phi) is 9.93. The SMILES string of the molecule is CCCCC=CN(CC1(C)CO1)C(=O)C=CCCCCCCC. The molecule has 1 heterocycles. The minimum atomic E-state index is -0.140. The first-order valence-electron chi connectivity index (χ1n) is 9.39. The Morgan fingerprint density at radius 2 is 1.70 bits per heavy atom. The molecule has 1 amide bonds. The monoisotopic (exact) mass is 321 g/mol. The first-order valence-corrected chi connectivity index (χ1v) is 9.39. The molecule has 0 radical (unpaired) electrons. The Hall–Kier alpha value is -1.09. The number of amides is 1. The Morgan fingerprint density at radius 1 is 1.04 bits per heavy atom. The van der Waals surface area contributed by atoms with E-state index in [4.69, 9.17) is 4.74 Å². The lowest BCUT2D eigenvalue weighted by atomic mass is 10.1. The van der Waals surface area contributed by atoms with Crippen molar-refractivity contribution in [2.24, 2.45) is 0 Å². The molecular weight excluding hydrogens is 286 g/mol. The van der Waals surface area contributed by atoms with Gasteiger partial charge in [0, 0.05) is 6.20 Å². The van der Waals surface area contributed by atoms with Crippen LogP contribution in [-0.2, 0) is 9.53 Å². The van der Waals surface area contributed by atoms with E-state index >= 15 is 0 Å². The third kappa shape index (κ3) is 9.60. The summed E-state index contributed by atoms with van der Waals surface area (Å²) < 4.78 is 5.43. The summed E-state index contributed by atoms with van der Waals surface area (Å²) >= 11 is 0. The van der Waals surface area contributed by atoms with Gasteiger partial charge in [-0.25, -0.2) is 0 Å². The topological polar surface area (TPSA) is 32.8 Å². The highest BCUT2D eigenvalue weighted by atomic mass is 16.6. The number of ether oxygens (including phenoxy) is 1. The Morgan fingerprint density at radius 3 is 2.35 bits per heavy atom. The normalized spacial score (nSPS) is 20.5. The zero-order valence-electron chi connectivity index (χ0n) is 15.4. The van der Waals surface area contributed by atoms with E-state index in [1.54, 1.807) is 11.0 Å². The fourth-order valence-electron chi connectivity index (χ4n) is 2.45. The lowest BCUT2D eigenvalue weighted by Crippen LogP contribution is -2.33. The Bertz CT molecular complexity index is 383. The second kappa shape index (κ2) is 11.4. The van der Waals surface area contributed by atoms with Crippen LogP contribution in [0.25, 0.3) is 0 Å². The molecule has 23 heavy (non-hydrogen) atoms. The minimum Gasteiger partial charge on any atom is -0.368 e. The molecule has 0 aromatic carbocycles. The van der Waals surface area contributed by atoms with Crippen molar-refractivity contribution in [2.75, 3.05) is 13.2 Å². The molecule has 1 unspecified atom stereocenters. The Balaban J connectivity index is 2.36. The molecule has 132 valence electrons. The number of rotatable bonds is 13. The van der Waals surface area contributed by atoms with Gasteiger partial charge in [-0.2, -0.15) is 0 Å². The molecule has 1 atom stereocenters. The maximum Gasteiger partial charge on any atom is 0.250 e. The van der Waals surface area contributed by atoms with Crippen LogP contribution in [0.2, 0.25) is 0 Å². The molecule has 1 saturated heterocycles. The van der Waals surface area contributed by atoms with Gasteiger partial charge in [-0.15, -0.1) is 0 Å². The highest BCUT2D eigenvalue weighted by molar-refractivity contribution is 5.88. The zero-order valence-corrected chi connectivity index (χ0v) is 15.4. The molecule has 3 nitrogen and oxygen atoms in total. The van der Waals surface area contributed by atoms with Gasteiger partial charge in [-0.3, -0.25) is 4.79 Å². The van der Waals surface area contributed by atoms with Crippen LogP contribution in [0, 0.1) is 0 Å². The van der Waals surface area contributed by atoms with Gasteiger partial charge in [0.25, 0.3) is 0 Å². The van der Waals surface area contributed by atoms with Crippen molar-refractivity contribution in [1.29, 1.82) is 0 Å². The Labute approximate surface area is 142 Å². The van der Waals surface area contributed by atoms with Crippen molar-refractivity contribution < 1.29 is 9.53 Å². The standard InChI is InChI=1S/C20H35NO2/c1-4-6-8-10-11-12-13-15-19(22)21(16-14-9-7-5-2)17-20(3)18-23-20/h13-16H,4-12,17-18H2,1-3H3. The second-order valence-electron chi connectivity index (χ2n) is 6.84.